The number of ether oxygens (including phenoxy) is 2. The molecular weight excluding hydrogens is 388 g/mol. The molecule has 0 aliphatic rings. The Bertz CT molecular complexity index is 899. The Balaban J connectivity index is 1.38. The second-order valence-electron chi connectivity index (χ2n) is 7.29. The van der Waals surface area contributed by atoms with Gasteiger partial charge in [-0.2, -0.15) is 0 Å². The maximum atomic E-state index is 12.5. The fourth-order valence-corrected chi connectivity index (χ4v) is 3.16. The largest absolute Gasteiger partial charge is 0.489 e. The van der Waals surface area contributed by atoms with Gasteiger partial charge in [0, 0.05) is 6.54 Å². The minimum absolute atomic E-state index is 0.0322. The second kappa shape index (κ2) is 12.5. The van der Waals surface area contributed by atoms with Crippen LogP contribution in [-0.2, 0) is 29.2 Å². The summed E-state index contributed by atoms with van der Waals surface area (Å²) in [6, 6.07) is 27.7. The summed E-state index contributed by atoms with van der Waals surface area (Å²) in [5, 5.41) is 6.03. The van der Waals surface area contributed by atoms with Crippen LogP contribution in [0.3, 0.4) is 0 Å². The van der Waals surface area contributed by atoms with Crippen LogP contribution in [0.15, 0.2) is 84.9 Å². The molecule has 31 heavy (non-hydrogen) atoms. The molecule has 3 aromatic rings. The minimum Gasteiger partial charge on any atom is -0.489 e. The molecule has 0 fully saturated rings. The van der Waals surface area contributed by atoms with E-state index in [9.17, 15) is 4.79 Å². The molecule has 2 N–H and O–H groups in total. The van der Waals surface area contributed by atoms with E-state index in [1.54, 1.807) is 7.05 Å². The van der Waals surface area contributed by atoms with Gasteiger partial charge < -0.3 is 20.1 Å². The molecule has 0 aromatic heterocycles. The van der Waals surface area contributed by atoms with Crippen LogP contribution >= 0.6 is 0 Å². The molecule has 1 atom stereocenters. The number of carbonyl (C=O) groups is 1. The van der Waals surface area contributed by atoms with Crippen LogP contribution in [0.1, 0.15) is 16.7 Å². The standard InChI is InChI=1S/C26H30N2O3/c1-27-25(26(29)28-16-17-30-19-22-8-4-2-5-9-22)18-21-12-14-24(15-13-21)31-20-23-10-6-3-7-11-23/h2-15,25,27H,16-20H2,1H3,(H,28,29). The van der Waals surface area contributed by atoms with Crippen LogP contribution in [0.25, 0.3) is 0 Å². The van der Waals surface area contributed by atoms with Crippen molar-refractivity contribution < 1.29 is 14.3 Å². The van der Waals surface area contributed by atoms with Gasteiger partial charge in [0.2, 0.25) is 5.91 Å². The van der Waals surface area contributed by atoms with Gasteiger partial charge in [0.25, 0.3) is 0 Å². The maximum Gasteiger partial charge on any atom is 0.237 e. The molecule has 0 saturated carbocycles. The second-order valence-corrected chi connectivity index (χ2v) is 7.29. The van der Waals surface area contributed by atoms with E-state index in [1.807, 2.05) is 84.9 Å². The number of likely N-dealkylation sites (N-methyl/N-ethyl adjacent to an activating group) is 1. The minimum atomic E-state index is -0.301. The quantitative estimate of drug-likeness (QED) is 0.440. The summed E-state index contributed by atoms with van der Waals surface area (Å²) >= 11 is 0. The van der Waals surface area contributed by atoms with Gasteiger partial charge in [0.05, 0.1) is 19.3 Å². The van der Waals surface area contributed by atoms with Crippen molar-refractivity contribution in [2.45, 2.75) is 25.7 Å². The number of carbonyl (C=O) groups excluding carboxylic acids is 1. The van der Waals surface area contributed by atoms with Gasteiger partial charge >= 0.3 is 0 Å². The Morgan fingerprint density at radius 2 is 1.42 bits per heavy atom. The first-order valence-electron chi connectivity index (χ1n) is 10.6. The van der Waals surface area contributed by atoms with Gasteiger partial charge in [0.1, 0.15) is 12.4 Å². The Hall–Kier alpha value is -3.15. The molecule has 3 aromatic carbocycles. The van der Waals surface area contributed by atoms with Crippen molar-refractivity contribution in [3.8, 4) is 5.75 Å². The molecule has 0 spiro atoms. The Morgan fingerprint density at radius 1 is 0.806 bits per heavy atom. The zero-order valence-corrected chi connectivity index (χ0v) is 17.9. The molecular formula is C26H30N2O3. The fraction of sp³-hybridized carbons (Fsp3) is 0.269. The molecule has 0 bridgehead atoms. The highest BCUT2D eigenvalue weighted by Crippen LogP contribution is 2.15. The van der Waals surface area contributed by atoms with Crippen molar-refractivity contribution in [2.75, 3.05) is 20.2 Å². The molecule has 0 radical (unpaired) electrons. The van der Waals surface area contributed by atoms with E-state index in [2.05, 4.69) is 10.6 Å². The smallest absolute Gasteiger partial charge is 0.237 e. The van der Waals surface area contributed by atoms with E-state index < -0.39 is 0 Å². The monoisotopic (exact) mass is 418 g/mol. The van der Waals surface area contributed by atoms with E-state index in [-0.39, 0.29) is 11.9 Å². The lowest BCUT2D eigenvalue weighted by atomic mass is 10.1. The van der Waals surface area contributed by atoms with Crippen molar-refractivity contribution in [3.63, 3.8) is 0 Å². The predicted molar refractivity (Wildman–Crippen MR) is 123 cm³/mol. The third-order valence-electron chi connectivity index (χ3n) is 4.93. The molecule has 0 aliphatic carbocycles. The SMILES string of the molecule is CNC(Cc1ccc(OCc2ccccc2)cc1)C(=O)NCCOCc1ccccc1. The van der Waals surface area contributed by atoms with Crippen molar-refractivity contribution in [1.82, 2.24) is 10.6 Å². The van der Waals surface area contributed by atoms with E-state index in [4.69, 9.17) is 9.47 Å². The van der Waals surface area contributed by atoms with Gasteiger partial charge in [-0.1, -0.05) is 72.8 Å². The summed E-state index contributed by atoms with van der Waals surface area (Å²) in [4.78, 5) is 12.5. The Labute approximate surface area is 184 Å². The van der Waals surface area contributed by atoms with Crippen molar-refractivity contribution in [1.29, 1.82) is 0 Å². The number of benzene rings is 3. The summed E-state index contributed by atoms with van der Waals surface area (Å²) in [5.41, 5.74) is 3.33. The van der Waals surface area contributed by atoms with Gasteiger partial charge in [-0.15, -0.1) is 0 Å². The first-order valence-corrected chi connectivity index (χ1v) is 10.6. The molecule has 5 heteroatoms. The van der Waals surface area contributed by atoms with Crippen molar-refractivity contribution in [3.05, 3.63) is 102 Å². The molecule has 3 rings (SSSR count). The van der Waals surface area contributed by atoms with Crippen LogP contribution in [0.2, 0.25) is 0 Å². The third-order valence-corrected chi connectivity index (χ3v) is 4.93. The summed E-state index contributed by atoms with van der Waals surface area (Å²) in [6.45, 7) is 2.04. The van der Waals surface area contributed by atoms with E-state index in [0.717, 1.165) is 22.4 Å². The highest BCUT2D eigenvalue weighted by atomic mass is 16.5. The Morgan fingerprint density at radius 3 is 2.03 bits per heavy atom. The average molecular weight is 419 g/mol. The van der Waals surface area contributed by atoms with Crippen LogP contribution in [0, 0.1) is 0 Å². The summed E-state index contributed by atoms with van der Waals surface area (Å²) in [7, 11) is 1.80. The maximum absolute atomic E-state index is 12.5. The highest BCUT2D eigenvalue weighted by molar-refractivity contribution is 5.82. The first kappa shape index (κ1) is 22.5. The molecule has 162 valence electrons. The Kier molecular flexibility index (Phi) is 9.10. The van der Waals surface area contributed by atoms with Crippen LogP contribution < -0.4 is 15.4 Å². The molecule has 1 amide bonds. The number of nitrogens with one attached hydrogen (secondary N) is 2. The van der Waals surface area contributed by atoms with E-state index >= 15 is 0 Å². The summed E-state index contributed by atoms with van der Waals surface area (Å²) < 4.78 is 11.4. The van der Waals surface area contributed by atoms with Gasteiger partial charge in [-0.3, -0.25) is 4.79 Å². The zero-order valence-electron chi connectivity index (χ0n) is 17.9. The van der Waals surface area contributed by atoms with E-state index in [0.29, 0.717) is 32.8 Å². The molecule has 0 saturated heterocycles. The average Bonchev–Trinajstić information content (AvgIpc) is 2.83. The lowest BCUT2D eigenvalue weighted by molar-refractivity contribution is -0.123. The van der Waals surface area contributed by atoms with E-state index in [1.165, 1.54) is 0 Å². The van der Waals surface area contributed by atoms with Crippen molar-refractivity contribution in [2.24, 2.45) is 0 Å². The fourth-order valence-electron chi connectivity index (χ4n) is 3.16. The zero-order chi connectivity index (χ0) is 21.7. The number of rotatable bonds is 12. The number of hydrogen-bond acceptors (Lipinski definition) is 4. The van der Waals surface area contributed by atoms with Crippen molar-refractivity contribution >= 4 is 5.91 Å². The van der Waals surface area contributed by atoms with Gasteiger partial charge in [-0.25, -0.2) is 0 Å². The van der Waals surface area contributed by atoms with Gasteiger partial charge in [0.15, 0.2) is 0 Å². The molecule has 0 aliphatic heterocycles. The highest BCUT2D eigenvalue weighted by Gasteiger charge is 2.16. The molecule has 5 nitrogen and oxygen atoms in total. The van der Waals surface area contributed by atoms with Crippen LogP contribution in [0.5, 0.6) is 5.75 Å². The summed E-state index contributed by atoms with van der Waals surface area (Å²) in [6.07, 6.45) is 0.603. The van der Waals surface area contributed by atoms with Crippen LogP contribution in [0.4, 0.5) is 0 Å². The third kappa shape index (κ3) is 7.89. The number of hydrogen-bond donors (Lipinski definition) is 2. The number of amides is 1. The molecule has 0 heterocycles. The predicted octanol–water partition coefficient (Wildman–Crippen LogP) is 3.73. The van der Waals surface area contributed by atoms with Crippen LogP contribution in [-0.4, -0.2) is 32.1 Å². The lowest BCUT2D eigenvalue weighted by Gasteiger charge is -2.16. The topological polar surface area (TPSA) is 59.6 Å². The first-order chi connectivity index (χ1) is 15.2. The van der Waals surface area contributed by atoms with Gasteiger partial charge in [-0.05, 0) is 42.3 Å². The lowest BCUT2D eigenvalue weighted by Crippen LogP contribution is -2.44. The summed E-state index contributed by atoms with van der Waals surface area (Å²) in [5.74, 6) is 0.781. The normalized spacial score (nSPS) is 11.6. The molecule has 1 unspecified atom stereocenters.